The lowest BCUT2D eigenvalue weighted by atomic mass is 9.69. The van der Waals surface area contributed by atoms with Gasteiger partial charge in [-0.05, 0) is 73.3 Å². The second-order valence-corrected chi connectivity index (χ2v) is 6.93. The van der Waals surface area contributed by atoms with Crippen LogP contribution in [0.5, 0.6) is 0 Å². The van der Waals surface area contributed by atoms with E-state index in [2.05, 4.69) is 26.0 Å². The van der Waals surface area contributed by atoms with E-state index in [-0.39, 0.29) is 0 Å². The van der Waals surface area contributed by atoms with Gasteiger partial charge in [-0.3, -0.25) is 0 Å². The lowest BCUT2D eigenvalue weighted by Crippen LogP contribution is -2.25. The van der Waals surface area contributed by atoms with Gasteiger partial charge < -0.3 is 0 Å². The number of rotatable bonds is 3. The quantitative estimate of drug-likeness (QED) is 0.634. The zero-order chi connectivity index (χ0) is 13.4. The minimum Gasteiger partial charge on any atom is -0.247 e. The molecule has 1 heteroatoms. The molecule has 3 rings (SSSR count). The normalized spacial score (nSPS) is 39.7. The lowest BCUT2D eigenvalue weighted by molar-refractivity contribution is 0.281. The molecule has 19 heavy (non-hydrogen) atoms. The van der Waals surface area contributed by atoms with Gasteiger partial charge in [0.15, 0.2) is 0 Å². The van der Waals surface area contributed by atoms with E-state index in [1.54, 1.807) is 5.57 Å². The summed E-state index contributed by atoms with van der Waals surface area (Å²) in [6, 6.07) is 0. The summed E-state index contributed by atoms with van der Waals surface area (Å²) in [7, 11) is 0. The van der Waals surface area contributed by atoms with Crippen LogP contribution in [0.4, 0.5) is 4.39 Å². The molecule has 0 amide bonds. The fraction of sp³-hybridized carbons (Fsp3) is 0.778. The van der Waals surface area contributed by atoms with Gasteiger partial charge in [-0.2, -0.15) is 0 Å². The monoisotopic (exact) mass is 262 g/mol. The predicted octanol–water partition coefficient (Wildman–Crippen LogP) is 5.45. The maximum absolute atomic E-state index is 13.3. The van der Waals surface area contributed by atoms with Crippen LogP contribution in [0, 0.1) is 23.7 Å². The highest BCUT2D eigenvalue weighted by Gasteiger charge is 2.39. The Morgan fingerprint density at radius 3 is 2.63 bits per heavy atom. The summed E-state index contributed by atoms with van der Waals surface area (Å²) < 4.78 is 13.3. The number of hydrogen-bond donors (Lipinski definition) is 0. The number of alkyl halides is 1. The molecule has 1 fully saturated rings. The van der Waals surface area contributed by atoms with E-state index >= 15 is 0 Å². The summed E-state index contributed by atoms with van der Waals surface area (Å²) >= 11 is 0. The average Bonchev–Trinajstić information content (AvgIpc) is 3.24. The summed E-state index contributed by atoms with van der Waals surface area (Å²) in [6.07, 6.45) is 12.1. The van der Waals surface area contributed by atoms with Crippen LogP contribution in [0.15, 0.2) is 23.3 Å². The van der Waals surface area contributed by atoms with E-state index in [0.717, 1.165) is 30.6 Å². The second-order valence-electron chi connectivity index (χ2n) is 6.93. The molecule has 0 spiro atoms. The molecule has 2 unspecified atom stereocenters. The molecule has 0 saturated heterocycles. The van der Waals surface area contributed by atoms with Gasteiger partial charge in [-0.25, -0.2) is 4.39 Å². The average molecular weight is 262 g/mol. The minimum atomic E-state index is -0.590. The smallest absolute Gasteiger partial charge is 0.104 e. The van der Waals surface area contributed by atoms with Crippen molar-refractivity contribution in [3.8, 4) is 0 Å². The zero-order valence-electron chi connectivity index (χ0n) is 12.4. The van der Waals surface area contributed by atoms with Gasteiger partial charge in [0.05, 0.1) is 0 Å². The predicted molar refractivity (Wildman–Crippen MR) is 78.7 cm³/mol. The van der Waals surface area contributed by atoms with Crippen molar-refractivity contribution in [3.05, 3.63) is 23.3 Å². The molecule has 0 aromatic carbocycles. The zero-order valence-corrected chi connectivity index (χ0v) is 12.4. The standard InChI is InChI=1S/C18H27F/c1-3-13-11-18(14-4-5-14)17(10-12(13)2)15-6-8-16(19)9-7-15/h6,10,12-14,16,18H,3-5,7-9,11H2,1-2H3/t12-,13?,16?,18+/m0/s1. The van der Waals surface area contributed by atoms with Crippen molar-refractivity contribution in [2.45, 2.75) is 65.0 Å². The Morgan fingerprint density at radius 1 is 1.26 bits per heavy atom. The first-order valence-electron chi connectivity index (χ1n) is 8.24. The molecule has 3 aliphatic carbocycles. The van der Waals surface area contributed by atoms with Gasteiger partial charge in [-0.1, -0.05) is 32.4 Å². The number of hydrogen-bond acceptors (Lipinski definition) is 0. The summed E-state index contributed by atoms with van der Waals surface area (Å²) in [5.74, 6) is 3.31. The van der Waals surface area contributed by atoms with Crippen LogP contribution in [0.2, 0.25) is 0 Å². The van der Waals surface area contributed by atoms with Gasteiger partial charge in [0.2, 0.25) is 0 Å². The molecule has 0 aliphatic heterocycles. The molecule has 0 nitrogen and oxygen atoms in total. The van der Waals surface area contributed by atoms with E-state index in [0.29, 0.717) is 12.3 Å². The largest absolute Gasteiger partial charge is 0.247 e. The molecule has 4 atom stereocenters. The first-order chi connectivity index (χ1) is 9.19. The first kappa shape index (κ1) is 13.4. The van der Waals surface area contributed by atoms with Crippen LogP contribution in [0.3, 0.4) is 0 Å². The molecule has 1 saturated carbocycles. The minimum absolute atomic E-state index is 0.590. The third-order valence-corrected chi connectivity index (χ3v) is 5.58. The Labute approximate surface area is 117 Å². The van der Waals surface area contributed by atoms with E-state index in [1.165, 1.54) is 31.3 Å². The molecule has 0 bridgehead atoms. The van der Waals surface area contributed by atoms with Gasteiger partial charge >= 0.3 is 0 Å². The molecular formula is C18H27F. The summed E-state index contributed by atoms with van der Waals surface area (Å²) in [5.41, 5.74) is 3.11. The van der Waals surface area contributed by atoms with Crippen LogP contribution >= 0.6 is 0 Å². The van der Waals surface area contributed by atoms with Crippen LogP contribution in [0.1, 0.15) is 58.8 Å². The van der Waals surface area contributed by atoms with Gasteiger partial charge in [0.25, 0.3) is 0 Å². The third-order valence-electron chi connectivity index (χ3n) is 5.58. The van der Waals surface area contributed by atoms with E-state index in [1.807, 2.05) is 0 Å². The van der Waals surface area contributed by atoms with Crippen molar-refractivity contribution < 1.29 is 4.39 Å². The maximum Gasteiger partial charge on any atom is 0.104 e. The molecule has 0 aromatic rings. The van der Waals surface area contributed by atoms with E-state index < -0.39 is 6.17 Å². The summed E-state index contributed by atoms with van der Waals surface area (Å²) in [4.78, 5) is 0. The van der Waals surface area contributed by atoms with Crippen molar-refractivity contribution in [2.75, 3.05) is 0 Å². The Bertz CT molecular complexity index is 388. The topological polar surface area (TPSA) is 0 Å². The second kappa shape index (κ2) is 5.42. The molecule has 106 valence electrons. The maximum atomic E-state index is 13.3. The first-order valence-corrected chi connectivity index (χ1v) is 8.24. The van der Waals surface area contributed by atoms with E-state index in [4.69, 9.17) is 0 Å². The Kier molecular flexibility index (Phi) is 3.82. The highest BCUT2D eigenvalue weighted by molar-refractivity contribution is 5.37. The number of allylic oxidation sites excluding steroid dienone is 4. The number of halogens is 1. The molecule has 0 aromatic heterocycles. The molecule has 0 heterocycles. The van der Waals surface area contributed by atoms with Crippen LogP contribution in [-0.2, 0) is 0 Å². The van der Waals surface area contributed by atoms with Crippen molar-refractivity contribution in [3.63, 3.8) is 0 Å². The molecule has 0 N–H and O–H groups in total. The van der Waals surface area contributed by atoms with Gasteiger partial charge in [0.1, 0.15) is 6.17 Å². The van der Waals surface area contributed by atoms with Crippen molar-refractivity contribution in [1.82, 2.24) is 0 Å². The SMILES string of the molecule is CCC1C[C@H](C2CC2)C(C2=CCC(F)CC2)=C[C@@H]1C. The fourth-order valence-electron chi connectivity index (χ4n) is 4.10. The summed E-state index contributed by atoms with van der Waals surface area (Å²) in [6.45, 7) is 4.70. The van der Waals surface area contributed by atoms with Crippen molar-refractivity contribution in [1.29, 1.82) is 0 Å². The third kappa shape index (κ3) is 2.80. The van der Waals surface area contributed by atoms with Crippen molar-refractivity contribution in [2.24, 2.45) is 23.7 Å². The van der Waals surface area contributed by atoms with Crippen LogP contribution in [-0.4, -0.2) is 6.17 Å². The summed E-state index contributed by atoms with van der Waals surface area (Å²) in [5, 5.41) is 0. The molecule has 3 aliphatic rings. The lowest BCUT2D eigenvalue weighted by Gasteiger charge is -2.36. The van der Waals surface area contributed by atoms with Crippen molar-refractivity contribution >= 4 is 0 Å². The van der Waals surface area contributed by atoms with Gasteiger partial charge in [0, 0.05) is 0 Å². The highest BCUT2D eigenvalue weighted by Crippen LogP contribution is 2.50. The molecular weight excluding hydrogens is 235 g/mol. The highest BCUT2D eigenvalue weighted by atomic mass is 19.1. The molecule has 0 radical (unpaired) electrons. The van der Waals surface area contributed by atoms with Crippen LogP contribution < -0.4 is 0 Å². The Hall–Kier alpha value is -0.590. The Balaban J connectivity index is 1.84. The Morgan fingerprint density at radius 2 is 2.05 bits per heavy atom. The fourth-order valence-corrected chi connectivity index (χ4v) is 4.10. The van der Waals surface area contributed by atoms with Crippen LogP contribution in [0.25, 0.3) is 0 Å². The van der Waals surface area contributed by atoms with E-state index in [9.17, 15) is 4.39 Å². The van der Waals surface area contributed by atoms with Gasteiger partial charge in [-0.15, -0.1) is 0 Å².